The summed E-state index contributed by atoms with van der Waals surface area (Å²) in [4.78, 5) is 40.6. The molecule has 27 heavy (non-hydrogen) atoms. The summed E-state index contributed by atoms with van der Waals surface area (Å²) in [6, 6.07) is 0. The van der Waals surface area contributed by atoms with Crippen LogP contribution in [0.15, 0.2) is 15.8 Å². The van der Waals surface area contributed by atoms with Gasteiger partial charge in [0.05, 0.1) is 12.2 Å². The first kappa shape index (κ1) is 21.5. The molecular weight excluding hydrogens is 358 g/mol. The van der Waals surface area contributed by atoms with E-state index in [1.807, 2.05) is 37.7 Å². The van der Waals surface area contributed by atoms with Gasteiger partial charge in [0.15, 0.2) is 12.0 Å². The first-order chi connectivity index (χ1) is 12.5. The third kappa shape index (κ3) is 4.53. The molecule has 0 aromatic carbocycles. The van der Waals surface area contributed by atoms with E-state index >= 15 is 0 Å². The van der Waals surface area contributed by atoms with E-state index in [4.69, 9.17) is 9.84 Å². The zero-order valence-electron chi connectivity index (χ0n) is 15.9. The highest BCUT2D eigenvalue weighted by Gasteiger charge is 2.44. The van der Waals surface area contributed by atoms with Crippen molar-refractivity contribution in [2.24, 2.45) is 0 Å². The molecular formula is C17H27N3O7. The van der Waals surface area contributed by atoms with E-state index < -0.39 is 48.2 Å². The number of ketones is 1. The number of ether oxygens (including phenoxy) is 1. The monoisotopic (exact) mass is 385 g/mol. The van der Waals surface area contributed by atoms with Gasteiger partial charge in [0.2, 0.25) is 0 Å². The van der Waals surface area contributed by atoms with E-state index in [2.05, 4.69) is 0 Å². The lowest BCUT2D eigenvalue weighted by Crippen LogP contribution is -2.41. The third-order valence-electron chi connectivity index (χ3n) is 4.88. The number of H-pyrrole nitrogens is 1. The number of rotatable bonds is 6. The molecule has 1 fully saturated rings. The second-order valence-corrected chi connectivity index (χ2v) is 7.70. The van der Waals surface area contributed by atoms with Crippen LogP contribution in [0.25, 0.3) is 0 Å². The summed E-state index contributed by atoms with van der Waals surface area (Å²) in [6.45, 7) is 5.83. The van der Waals surface area contributed by atoms with Crippen LogP contribution in [0.5, 0.6) is 0 Å². The number of Topliss-reactive ketones (excluding diaryl/α,β-unsaturated/α-hetero) is 1. The van der Waals surface area contributed by atoms with E-state index in [0.717, 1.165) is 10.8 Å². The number of aromatic amines is 1. The first-order valence-corrected chi connectivity index (χ1v) is 8.69. The Morgan fingerprint density at radius 3 is 2.44 bits per heavy atom. The number of nitrogens with zero attached hydrogens (tertiary/aromatic N) is 2. The Hall–Kier alpha value is -1.85. The Kier molecular flexibility index (Phi) is 6.38. The number of hydrogen-bond acceptors (Lipinski definition) is 8. The molecule has 1 aromatic heterocycles. The van der Waals surface area contributed by atoms with Gasteiger partial charge in [0.1, 0.15) is 18.3 Å². The van der Waals surface area contributed by atoms with Gasteiger partial charge in [-0.2, -0.15) is 0 Å². The molecule has 2 heterocycles. The van der Waals surface area contributed by atoms with Crippen molar-refractivity contribution >= 4 is 5.78 Å². The second kappa shape index (κ2) is 8.03. The Labute approximate surface area is 156 Å². The molecule has 0 radical (unpaired) electrons. The van der Waals surface area contributed by atoms with Gasteiger partial charge in [-0.3, -0.25) is 19.1 Å². The fourth-order valence-corrected chi connectivity index (χ4v) is 2.72. The lowest BCUT2D eigenvalue weighted by molar-refractivity contribution is -0.0551. The van der Waals surface area contributed by atoms with Crippen molar-refractivity contribution in [2.45, 2.75) is 57.3 Å². The smallest absolute Gasteiger partial charge is 0.330 e. The first-order valence-electron chi connectivity index (χ1n) is 8.69. The molecule has 1 saturated heterocycles. The summed E-state index contributed by atoms with van der Waals surface area (Å²) in [5.41, 5.74) is -2.11. The standard InChI is InChI=1S/C17H27N3O7/c1-17(2,3)19(4)6-5-10(22)9-7-20(16(26)18-14(9)25)15-13(24)12(23)11(8-21)27-15/h7,11-13,15,21,23-24H,5-6,8H2,1-4H3,(H,18,25,26)/t11-,12?,13?,15-/m1/s1. The number of aromatic nitrogens is 2. The number of aliphatic hydroxyl groups is 3. The van der Waals surface area contributed by atoms with Crippen LogP contribution in [0, 0.1) is 0 Å². The summed E-state index contributed by atoms with van der Waals surface area (Å²) in [6.07, 6.45) is -4.22. The molecule has 2 unspecified atom stereocenters. The van der Waals surface area contributed by atoms with Crippen molar-refractivity contribution in [3.8, 4) is 0 Å². The van der Waals surface area contributed by atoms with Gasteiger partial charge in [-0.05, 0) is 27.8 Å². The van der Waals surface area contributed by atoms with Gasteiger partial charge in [0.25, 0.3) is 5.56 Å². The maximum atomic E-state index is 12.5. The zero-order chi connectivity index (χ0) is 20.5. The zero-order valence-corrected chi connectivity index (χ0v) is 15.9. The minimum absolute atomic E-state index is 0.0605. The molecule has 0 aliphatic carbocycles. The van der Waals surface area contributed by atoms with E-state index in [-0.39, 0.29) is 17.5 Å². The van der Waals surface area contributed by atoms with Gasteiger partial charge in [-0.25, -0.2) is 4.79 Å². The summed E-state index contributed by atoms with van der Waals surface area (Å²) < 4.78 is 6.14. The van der Waals surface area contributed by atoms with Crippen molar-refractivity contribution in [1.29, 1.82) is 0 Å². The molecule has 152 valence electrons. The molecule has 0 saturated carbocycles. The number of aliphatic hydroxyl groups excluding tert-OH is 3. The largest absolute Gasteiger partial charge is 0.394 e. The Morgan fingerprint density at radius 1 is 1.30 bits per heavy atom. The van der Waals surface area contributed by atoms with E-state index in [1.165, 1.54) is 0 Å². The second-order valence-electron chi connectivity index (χ2n) is 7.70. The fourth-order valence-electron chi connectivity index (χ4n) is 2.72. The minimum atomic E-state index is -1.50. The van der Waals surface area contributed by atoms with Gasteiger partial charge < -0.3 is 25.0 Å². The number of carbonyl (C=O) groups excluding carboxylic acids is 1. The lowest BCUT2D eigenvalue weighted by atomic mass is 10.1. The Bertz CT molecular complexity index is 795. The average molecular weight is 385 g/mol. The number of nitrogens with one attached hydrogen (secondary N) is 1. The van der Waals surface area contributed by atoms with Crippen molar-refractivity contribution in [1.82, 2.24) is 14.5 Å². The van der Waals surface area contributed by atoms with Crippen LogP contribution in [0.3, 0.4) is 0 Å². The topological polar surface area (TPSA) is 145 Å². The molecule has 0 spiro atoms. The van der Waals surface area contributed by atoms with Crippen LogP contribution >= 0.6 is 0 Å². The van der Waals surface area contributed by atoms with Crippen molar-refractivity contribution < 1.29 is 24.9 Å². The highest BCUT2D eigenvalue weighted by Crippen LogP contribution is 2.28. The molecule has 4 N–H and O–H groups in total. The highest BCUT2D eigenvalue weighted by molar-refractivity contribution is 5.95. The summed E-state index contributed by atoms with van der Waals surface area (Å²) in [5, 5.41) is 29.1. The Balaban J connectivity index is 2.27. The van der Waals surface area contributed by atoms with Gasteiger partial charge in [0, 0.05) is 24.7 Å². The van der Waals surface area contributed by atoms with Gasteiger partial charge >= 0.3 is 5.69 Å². The summed E-state index contributed by atoms with van der Waals surface area (Å²) >= 11 is 0. The minimum Gasteiger partial charge on any atom is -0.394 e. The molecule has 0 amide bonds. The van der Waals surface area contributed by atoms with Gasteiger partial charge in [-0.15, -0.1) is 0 Å². The van der Waals surface area contributed by atoms with Crippen LogP contribution in [0.4, 0.5) is 0 Å². The SMILES string of the molecule is CN(CCC(=O)c1cn([C@@H]2O[C@H](CO)C(O)C2O)c(=O)[nH]c1=O)C(C)(C)C. The molecule has 1 aliphatic heterocycles. The molecule has 10 heteroatoms. The summed E-state index contributed by atoms with van der Waals surface area (Å²) in [5.74, 6) is -0.465. The van der Waals surface area contributed by atoms with E-state index in [1.54, 1.807) is 0 Å². The fraction of sp³-hybridized carbons (Fsp3) is 0.706. The number of carbonyl (C=O) groups is 1. The van der Waals surface area contributed by atoms with E-state index in [0.29, 0.717) is 6.54 Å². The third-order valence-corrected chi connectivity index (χ3v) is 4.88. The van der Waals surface area contributed by atoms with Crippen molar-refractivity contribution in [2.75, 3.05) is 20.2 Å². The normalized spacial score (nSPS) is 25.9. The van der Waals surface area contributed by atoms with Crippen LogP contribution in [0.2, 0.25) is 0 Å². The van der Waals surface area contributed by atoms with Crippen LogP contribution < -0.4 is 11.2 Å². The van der Waals surface area contributed by atoms with Crippen molar-refractivity contribution in [3.63, 3.8) is 0 Å². The van der Waals surface area contributed by atoms with Crippen LogP contribution in [-0.4, -0.2) is 79.6 Å². The summed E-state index contributed by atoms with van der Waals surface area (Å²) in [7, 11) is 1.86. The van der Waals surface area contributed by atoms with Crippen molar-refractivity contribution in [3.05, 3.63) is 32.6 Å². The molecule has 4 atom stereocenters. The average Bonchev–Trinajstić information content (AvgIpc) is 2.86. The highest BCUT2D eigenvalue weighted by atomic mass is 16.6. The lowest BCUT2D eigenvalue weighted by Gasteiger charge is -2.31. The predicted octanol–water partition coefficient (Wildman–Crippen LogP) is -1.55. The molecule has 1 aliphatic rings. The molecule has 2 rings (SSSR count). The number of hydrogen-bond donors (Lipinski definition) is 4. The van der Waals surface area contributed by atoms with E-state index in [9.17, 15) is 24.6 Å². The predicted molar refractivity (Wildman–Crippen MR) is 95.7 cm³/mol. The quantitative estimate of drug-likeness (QED) is 0.431. The van der Waals surface area contributed by atoms with Gasteiger partial charge in [-0.1, -0.05) is 0 Å². The molecule has 0 bridgehead atoms. The van der Waals surface area contributed by atoms with Crippen LogP contribution in [0.1, 0.15) is 43.8 Å². The maximum absolute atomic E-state index is 12.5. The Morgan fingerprint density at radius 2 is 1.93 bits per heavy atom. The molecule has 10 nitrogen and oxygen atoms in total. The molecule has 1 aromatic rings. The maximum Gasteiger partial charge on any atom is 0.330 e. The van der Waals surface area contributed by atoms with Crippen LogP contribution in [-0.2, 0) is 4.74 Å².